The van der Waals surface area contributed by atoms with Crippen molar-refractivity contribution in [1.82, 2.24) is 9.62 Å². The zero-order valence-corrected chi connectivity index (χ0v) is 36.3. The minimum atomic E-state index is -3.99. The van der Waals surface area contributed by atoms with Gasteiger partial charge in [-0.3, -0.25) is 4.57 Å². The maximum absolute atomic E-state index is 14.3. The number of amides is 1. The molecule has 0 aliphatic rings. The predicted molar refractivity (Wildman–Crippen MR) is 211 cm³/mol. The number of hydrogen-bond acceptors (Lipinski definition) is 10. The molecule has 0 radical (unpaired) electrons. The molecular weight excluding hydrogens is 722 g/mol. The second-order valence-electron chi connectivity index (χ2n) is 15.7. The van der Waals surface area contributed by atoms with Crippen LogP contribution in [0.3, 0.4) is 0 Å². The molecule has 0 aromatic heterocycles. The molecule has 2 N–H and O–H groups in total. The van der Waals surface area contributed by atoms with E-state index in [-0.39, 0.29) is 54.9 Å². The van der Waals surface area contributed by atoms with Crippen LogP contribution in [0, 0.1) is 5.92 Å². The number of anilines is 1. The molecule has 2 aromatic rings. The smallest absolute Gasteiger partial charge is 0.408 e. The Morgan fingerprint density at radius 1 is 0.904 bits per heavy atom. The lowest BCUT2D eigenvalue weighted by Gasteiger charge is -2.43. The number of nitrogens with zero attached hydrogens (tertiary/aromatic N) is 1. The van der Waals surface area contributed by atoms with Crippen molar-refractivity contribution in [2.45, 2.75) is 116 Å². The van der Waals surface area contributed by atoms with Gasteiger partial charge in [-0.15, -0.1) is 0 Å². The number of carbonyl (C=O) groups excluding carboxylic acids is 1. The average molecular weight is 786 g/mol. The monoisotopic (exact) mass is 785 g/mol. The van der Waals surface area contributed by atoms with E-state index in [2.05, 4.69) is 44.5 Å². The molecule has 0 fully saturated rings. The lowest BCUT2D eigenvalue weighted by Crippen LogP contribution is -2.58. The SMILES string of the molecule is CCOP(=O)(Cc1ccc(NC[C@H](NC(=O)OC(C)(C)C)[C@H](CN(CC(C)C)S(=O)(=O)c2ccc(OC)cc2)O[Si](C)(C)C(C)(C)C)cc1)OCC. The van der Waals surface area contributed by atoms with Gasteiger partial charge in [0.2, 0.25) is 10.0 Å². The molecule has 0 spiro atoms. The Hall–Kier alpha value is -2.45. The summed E-state index contributed by atoms with van der Waals surface area (Å²) in [7, 11) is -8.29. The molecule has 0 saturated heterocycles. The fourth-order valence-electron chi connectivity index (χ4n) is 5.01. The molecule has 0 saturated carbocycles. The number of ether oxygens (including phenoxy) is 2. The van der Waals surface area contributed by atoms with E-state index >= 15 is 0 Å². The van der Waals surface area contributed by atoms with Crippen molar-refractivity contribution in [1.29, 1.82) is 0 Å². The molecule has 0 unspecified atom stereocenters. The fourth-order valence-corrected chi connectivity index (χ4v) is 9.68. The lowest BCUT2D eigenvalue weighted by molar-refractivity contribution is 0.0425. The van der Waals surface area contributed by atoms with Crippen LogP contribution in [0.5, 0.6) is 5.75 Å². The van der Waals surface area contributed by atoms with E-state index < -0.39 is 49.8 Å². The summed E-state index contributed by atoms with van der Waals surface area (Å²) in [5.74, 6) is 0.544. The van der Waals surface area contributed by atoms with Crippen LogP contribution in [0.1, 0.15) is 74.8 Å². The first-order chi connectivity index (χ1) is 23.9. The van der Waals surface area contributed by atoms with E-state index in [0.29, 0.717) is 5.75 Å². The van der Waals surface area contributed by atoms with Crippen LogP contribution >= 0.6 is 7.60 Å². The van der Waals surface area contributed by atoms with Crippen LogP contribution in [0.4, 0.5) is 10.5 Å². The van der Waals surface area contributed by atoms with Crippen LogP contribution < -0.4 is 15.4 Å². The van der Waals surface area contributed by atoms with E-state index in [9.17, 15) is 17.8 Å². The van der Waals surface area contributed by atoms with Gasteiger partial charge in [0, 0.05) is 25.3 Å². The Labute approximate surface area is 314 Å². The van der Waals surface area contributed by atoms with Crippen molar-refractivity contribution in [3.05, 3.63) is 54.1 Å². The van der Waals surface area contributed by atoms with Crippen molar-refractivity contribution in [2.24, 2.45) is 5.92 Å². The van der Waals surface area contributed by atoms with Crippen molar-refractivity contribution < 1.29 is 40.7 Å². The van der Waals surface area contributed by atoms with Gasteiger partial charge in [0.05, 0.1) is 43.5 Å². The minimum Gasteiger partial charge on any atom is -0.497 e. The van der Waals surface area contributed by atoms with Crippen molar-refractivity contribution in [3.63, 3.8) is 0 Å². The first kappa shape index (κ1) is 45.7. The molecule has 0 aliphatic carbocycles. The number of carbonyl (C=O) groups is 1. The van der Waals surface area contributed by atoms with Crippen molar-refractivity contribution in [2.75, 3.05) is 45.3 Å². The third-order valence-corrected chi connectivity index (χ3v) is 17.0. The number of nitrogens with one attached hydrogen (secondary N) is 2. The van der Waals surface area contributed by atoms with Crippen LogP contribution in [-0.2, 0) is 39.0 Å². The minimum absolute atomic E-state index is 0.00351. The third-order valence-electron chi connectivity index (χ3n) is 8.56. The summed E-state index contributed by atoms with van der Waals surface area (Å²) >= 11 is 0. The number of alkyl carbamates (subject to hydrolysis) is 1. The van der Waals surface area contributed by atoms with Crippen LogP contribution in [0.2, 0.25) is 18.1 Å². The molecule has 2 rings (SSSR count). The molecule has 2 atom stereocenters. The van der Waals surface area contributed by atoms with Gasteiger partial charge in [-0.1, -0.05) is 46.8 Å². The molecule has 0 heterocycles. The van der Waals surface area contributed by atoms with Crippen molar-refractivity contribution >= 4 is 37.7 Å². The molecule has 52 heavy (non-hydrogen) atoms. The van der Waals surface area contributed by atoms with Gasteiger partial charge in [0.25, 0.3) is 0 Å². The first-order valence-corrected chi connectivity index (χ1v) is 24.1. The van der Waals surface area contributed by atoms with Gasteiger partial charge in [-0.25, -0.2) is 13.2 Å². The number of sulfonamides is 1. The molecule has 1 amide bonds. The summed E-state index contributed by atoms with van der Waals surface area (Å²) in [6.45, 7) is 24.3. The lowest BCUT2D eigenvalue weighted by atomic mass is 10.1. The fraction of sp³-hybridized carbons (Fsp3) is 0.649. The number of rotatable bonds is 20. The highest BCUT2D eigenvalue weighted by molar-refractivity contribution is 7.89. The second-order valence-corrected chi connectivity index (χ2v) is 24.5. The highest BCUT2D eigenvalue weighted by Gasteiger charge is 2.43. The van der Waals surface area contributed by atoms with Gasteiger partial charge in [-0.2, -0.15) is 4.31 Å². The highest BCUT2D eigenvalue weighted by atomic mass is 32.2. The molecule has 2 aromatic carbocycles. The number of methoxy groups -OCH3 is 1. The Kier molecular flexibility index (Phi) is 16.9. The van der Waals surface area contributed by atoms with Crippen LogP contribution in [-0.4, -0.2) is 84.8 Å². The Balaban J connectivity index is 2.58. The second kappa shape index (κ2) is 19.2. The Bertz CT molecular complexity index is 1550. The quantitative estimate of drug-likeness (QED) is 0.0992. The summed E-state index contributed by atoms with van der Waals surface area (Å²) in [6.07, 6.45) is -1.28. The zero-order valence-electron chi connectivity index (χ0n) is 33.6. The molecule has 12 nitrogen and oxygen atoms in total. The van der Waals surface area contributed by atoms with E-state index in [1.54, 1.807) is 46.8 Å². The van der Waals surface area contributed by atoms with E-state index in [4.69, 9.17) is 22.9 Å². The summed E-state index contributed by atoms with van der Waals surface area (Å²) < 4.78 is 72.0. The summed E-state index contributed by atoms with van der Waals surface area (Å²) in [4.78, 5) is 13.5. The number of hydrogen-bond donors (Lipinski definition) is 2. The van der Waals surface area contributed by atoms with Crippen molar-refractivity contribution in [3.8, 4) is 5.75 Å². The molecule has 0 aliphatic heterocycles. The molecule has 15 heteroatoms. The molecule has 296 valence electrons. The summed E-state index contributed by atoms with van der Waals surface area (Å²) in [5.41, 5.74) is 0.752. The largest absolute Gasteiger partial charge is 0.497 e. The van der Waals surface area contributed by atoms with E-state index in [1.807, 2.05) is 38.1 Å². The maximum Gasteiger partial charge on any atom is 0.408 e. The maximum atomic E-state index is 14.3. The molecule has 0 bridgehead atoms. The average Bonchev–Trinajstić information content (AvgIpc) is 3.01. The van der Waals surface area contributed by atoms with E-state index in [0.717, 1.165) is 11.3 Å². The predicted octanol–water partition coefficient (Wildman–Crippen LogP) is 8.50. The highest BCUT2D eigenvalue weighted by Crippen LogP contribution is 2.51. The van der Waals surface area contributed by atoms with Gasteiger partial charge >= 0.3 is 13.7 Å². The van der Waals surface area contributed by atoms with Gasteiger partial charge in [0.1, 0.15) is 11.4 Å². The van der Waals surface area contributed by atoms with E-state index in [1.165, 1.54) is 23.5 Å². The number of benzene rings is 2. The normalized spacial score (nSPS) is 14.3. The summed E-state index contributed by atoms with van der Waals surface area (Å²) in [5, 5.41) is 6.21. The summed E-state index contributed by atoms with van der Waals surface area (Å²) in [6, 6.07) is 13.0. The third kappa shape index (κ3) is 14.4. The topological polar surface area (TPSA) is 142 Å². The first-order valence-electron chi connectivity index (χ1n) is 18.0. The zero-order chi connectivity index (χ0) is 39.5. The van der Waals surface area contributed by atoms with Crippen LogP contribution in [0.25, 0.3) is 0 Å². The van der Waals surface area contributed by atoms with Crippen LogP contribution in [0.15, 0.2) is 53.4 Å². The van der Waals surface area contributed by atoms with Gasteiger partial charge in [0.15, 0.2) is 8.32 Å². The Morgan fingerprint density at radius 3 is 1.92 bits per heavy atom. The van der Waals surface area contributed by atoms with Gasteiger partial charge in [-0.05, 0) is 101 Å². The standard InChI is InChI=1S/C37H64N3O9PSSi/c1-14-46-50(42,47-15-2)27-29-16-18-30(19-17-29)38-24-33(39-35(41)48-36(5,6)7)34(49-52(12,13)37(8,9)10)26-40(25-28(3)4)51(43,44)32-22-20-31(45-11)21-23-32/h16-23,28,33-34,38H,14-15,24-27H2,1-13H3,(H,39,41)/t33-,34-/m0/s1. The Morgan fingerprint density at radius 2 is 1.46 bits per heavy atom. The van der Waals surface area contributed by atoms with Gasteiger partial charge < -0.3 is 33.6 Å². The molecular formula is C37H64N3O9PSSi.